The van der Waals surface area contributed by atoms with Gasteiger partial charge in [-0.25, -0.2) is 4.39 Å². The van der Waals surface area contributed by atoms with E-state index in [4.69, 9.17) is 4.74 Å². The van der Waals surface area contributed by atoms with Crippen LogP contribution in [0.2, 0.25) is 0 Å². The van der Waals surface area contributed by atoms with Gasteiger partial charge in [0, 0.05) is 17.8 Å². The van der Waals surface area contributed by atoms with Gasteiger partial charge in [-0.2, -0.15) is 0 Å². The van der Waals surface area contributed by atoms with Gasteiger partial charge in [0.2, 0.25) is 5.01 Å². The lowest BCUT2D eigenvalue weighted by atomic mass is 10.2. The van der Waals surface area contributed by atoms with Crippen LogP contribution in [0.5, 0.6) is 5.75 Å². The van der Waals surface area contributed by atoms with Crippen LogP contribution in [-0.4, -0.2) is 28.6 Å². The zero-order valence-electron chi connectivity index (χ0n) is 15.6. The average Bonchev–Trinajstić information content (AvgIpc) is 3.22. The summed E-state index contributed by atoms with van der Waals surface area (Å²) in [6.07, 6.45) is 0.874. The smallest absolute Gasteiger partial charge is 0.286 e. The molecule has 0 spiro atoms. The molecule has 0 fully saturated rings. The van der Waals surface area contributed by atoms with Crippen molar-refractivity contribution in [2.75, 3.05) is 11.9 Å². The lowest BCUT2D eigenvalue weighted by Crippen LogP contribution is -2.23. The van der Waals surface area contributed by atoms with Crippen molar-refractivity contribution < 1.29 is 18.7 Å². The summed E-state index contributed by atoms with van der Waals surface area (Å²) in [6, 6.07) is 12.2. The fourth-order valence-corrected chi connectivity index (χ4v) is 2.96. The molecule has 1 heterocycles. The molecule has 2 amide bonds. The van der Waals surface area contributed by atoms with Crippen LogP contribution in [0.1, 0.15) is 38.5 Å². The number of ether oxygens (including phenoxy) is 1. The summed E-state index contributed by atoms with van der Waals surface area (Å²) in [5.74, 6) is -0.361. The van der Waals surface area contributed by atoms with Crippen LogP contribution in [0.15, 0.2) is 48.5 Å². The molecule has 29 heavy (non-hydrogen) atoms. The second-order valence-corrected chi connectivity index (χ2v) is 7.09. The number of amides is 2. The number of nitrogens with one attached hydrogen (secondary N) is 2. The Bertz CT molecular complexity index is 974. The number of aromatic nitrogens is 2. The molecule has 0 aliphatic rings. The van der Waals surface area contributed by atoms with E-state index in [-0.39, 0.29) is 23.3 Å². The summed E-state index contributed by atoms with van der Waals surface area (Å²) >= 11 is 1.10. The Balaban J connectivity index is 1.53. The minimum atomic E-state index is -0.428. The minimum absolute atomic E-state index is 0.126. The fraction of sp³-hybridized carbons (Fsp3) is 0.200. The number of anilines is 1. The topological polar surface area (TPSA) is 93.2 Å². The molecule has 0 atom stereocenters. The molecule has 9 heteroatoms. The molecule has 3 aromatic rings. The molecule has 2 N–H and O–H groups in total. The van der Waals surface area contributed by atoms with Gasteiger partial charge >= 0.3 is 0 Å². The number of carbonyl (C=O) groups is 2. The number of rotatable bonds is 8. The van der Waals surface area contributed by atoms with E-state index in [1.807, 2.05) is 6.92 Å². The first-order valence-corrected chi connectivity index (χ1v) is 9.77. The van der Waals surface area contributed by atoms with Crippen LogP contribution < -0.4 is 15.4 Å². The van der Waals surface area contributed by atoms with Crippen molar-refractivity contribution >= 4 is 28.8 Å². The molecule has 2 aromatic carbocycles. The summed E-state index contributed by atoms with van der Waals surface area (Å²) in [7, 11) is 0. The predicted octanol–water partition coefficient (Wildman–Crippen LogP) is 3.65. The van der Waals surface area contributed by atoms with E-state index in [0.29, 0.717) is 28.6 Å². The van der Waals surface area contributed by atoms with Crippen molar-refractivity contribution in [2.24, 2.45) is 0 Å². The largest absolute Gasteiger partial charge is 0.486 e. The van der Waals surface area contributed by atoms with E-state index >= 15 is 0 Å². The Hall–Kier alpha value is -3.33. The Morgan fingerprint density at radius 2 is 1.76 bits per heavy atom. The first-order chi connectivity index (χ1) is 14.0. The van der Waals surface area contributed by atoms with Crippen molar-refractivity contribution in [2.45, 2.75) is 20.0 Å². The number of halogens is 1. The van der Waals surface area contributed by atoms with Crippen molar-refractivity contribution in [1.82, 2.24) is 15.5 Å². The maximum Gasteiger partial charge on any atom is 0.286 e. The van der Waals surface area contributed by atoms with Crippen molar-refractivity contribution in [3.8, 4) is 5.75 Å². The first-order valence-electron chi connectivity index (χ1n) is 8.95. The minimum Gasteiger partial charge on any atom is -0.486 e. The maximum atomic E-state index is 12.9. The van der Waals surface area contributed by atoms with E-state index < -0.39 is 5.91 Å². The number of hydrogen-bond acceptors (Lipinski definition) is 6. The Morgan fingerprint density at radius 1 is 1.03 bits per heavy atom. The van der Waals surface area contributed by atoms with Gasteiger partial charge in [-0.3, -0.25) is 9.59 Å². The van der Waals surface area contributed by atoms with Crippen LogP contribution in [0.25, 0.3) is 0 Å². The lowest BCUT2D eigenvalue weighted by molar-refractivity contribution is 0.0952. The summed E-state index contributed by atoms with van der Waals surface area (Å²) < 4.78 is 18.6. The van der Waals surface area contributed by atoms with Gasteiger partial charge in [-0.15, -0.1) is 10.2 Å². The van der Waals surface area contributed by atoms with E-state index in [1.165, 1.54) is 24.3 Å². The quantitative estimate of drug-likeness (QED) is 0.587. The molecule has 0 aliphatic carbocycles. The van der Waals surface area contributed by atoms with Gasteiger partial charge in [0.25, 0.3) is 11.8 Å². The fourth-order valence-electron chi connectivity index (χ4n) is 2.31. The van der Waals surface area contributed by atoms with Crippen LogP contribution >= 0.6 is 11.3 Å². The molecule has 0 unspecified atom stereocenters. The summed E-state index contributed by atoms with van der Waals surface area (Å²) in [5, 5.41) is 13.9. The van der Waals surface area contributed by atoms with E-state index in [0.717, 1.165) is 17.8 Å². The molecular weight excluding hydrogens is 395 g/mol. The van der Waals surface area contributed by atoms with Gasteiger partial charge in [0.05, 0.1) is 0 Å². The number of carbonyl (C=O) groups excluding carboxylic acids is 2. The van der Waals surface area contributed by atoms with Crippen molar-refractivity contribution in [1.29, 1.82) is 0 Å². The monoisotopic (exact) mass is 414 g/mol. The zero-order chi connectivity index (χ0) is 20.6. The van der Waals surface area contributed by atoms with Crippen LogP contribution in [0, 0.1) is 5.82 Å². The van der Waals surface area contributed by atoms with Gasteiger partial charge < -0.3 is 15.4 Å². The van der Waals surface area contributed by atoms with Gasteiger partial charge in [-0.1, -0.05) is 18.3 Å². The van der Waals surface area contributed by atoms with E-state index in [2.05, 4.69) is 20.8 Å². The molecule has 3 rings (SSSR count). The van der Waals surface area contributed by atoms with Crippen LogP contribution in [0.3, 0.4) is 0 Å². The maximum absolute atomic E-state index is 12.9. The highest BCUT2D eigenvalue weighted by atomic mass is 32.1. The molecular formula is C20H19FN4O3S. The Labute approximate surface area is 170 Å². The number of benzene rings is 2. The molecule has 0 aliphatic heterocycles. The van der Waals surface area contributed by atoms with Crippen LogP contribution in [0.4, 0.5) is 10.1 Å². The van der Waals surface area contributed by atoms with Crippen molar-refractivity contribution in [3.05, 3.63) is 69.9 Å². The highest BCUT2D eigenvalue weighted by Crippen LogP contribution is 2.17. The second kappa shape index (κ2) is 9.74. The molecule has 0 bridgehead atoms. The number of hydrogen-bond donors (Lipinski definition) is 2. The van der Waals surface area contributed by atoms with Crippen LogP contribution in [-0.2, 0) is 6.61 Å². The SMILES string of the molecule is CCCNC(=O)c1ccc(OCc2nnc(C(=O)Nc3ccc(F)cc3)s2)cc1. The average molecular weight is 414 g/mol. The first kappa shape index (κ1) is 20.4. The normalized spacial score (nSPS) is 10.4. The summed E-state index contributed by atoms with van der Waals surface area (Å²) in [6.45, 7) is 2.76. The highest BCUT2D eigenvalue weighted by Gasteiger charge is 2.14. The molecule has 7 nitrogen and oxygen atoms in total. The van der Waals surface area contributed by atoms with Gasteiger partial charge in [0.1, 0.15) is 18.2 Å². The second-order valence-electron chi connectivity index (χ2n) is 6.03. The molecule has 0 radical (unpaired) electrons. The number of nitrogens with zero attached hydrogens (tertiary/aromatic N) is 2. The lowest BCUT2D eigenvalue weighted by Gasteiger charge is -2.06. The molecule has 150 valence electrons. The summed E-state index contributed by atoms with van der Waals surface area (Å²) in [4.78, 5) is 24.1. The van der Waals surface area contributed by atoms with E-state index in [1.54, 1.807) is 24.3 Å². The Kier molecular flexibility index (Phi) is 6.85. The van der Waals surface area contributed by atoms with Crippen molar-refractivity contribution in [3.63, 3.8) is 0 Å². The van der Waals surface area contributed by atoms with E-state index in [9.17, 15) is 14.0 Å². The third-order valence-corrected chi connectivity index (χ3v) is 4.67. The third kappa shape index (κ3) is 5.82. The third-order valence-electron chi connectivity index (χ3n) is 3.78. The standard InChI is InChI=1S/C20H19FN4O3S/c1-2-11-22-18(26)13-3-9-16(10-4-13)28-12-17-24-25-20(29-17)19(27)23-15-7-5-14(21)6-8-15/h3-10H,2,11-12H2,1H3,(H,22,26)(H,23,27). The molecule has 1 aromatic heterocycles. The highest BCUT2D eigenvalue weighted by molar-refractivity contribution is 7.13. The zero-order valence-corrected chi connectivity index (χ0v) is 16.5. The van der Waals surface area contributed by atoms with Gasteiger partial charge in [-0.05, 0) is 55.0 Å². The molecule has 0 saturated carbocycles. The predicted molar refractivity (Wildman–Crippen MR) is 108 cm³/mol. The Morgan fingerprint density at radius 3 is 2.45 bits per heavy atom. The molecule has 0 saturated heterocycles. The van der Waals surface area contributed by atoms with Gasteiger partial charge in [0.15, 0.2) is 5.01 Å². The summed E-state index contributed by atoms with van der Waals surface area (Å²) in [5.41, 5.74) is 1.02.